The number of fused-ring (bicyclic) bond motifs is 2. The third-order valence-electron chi connectivity index (χ3n) is 7.15. The van der Waals surface area contributed by atoms with Gasteiger partial charge in [-0.25, -0.2) is 13.6 Å². The highest BCUT2D eigenvalue weighted by Gasteiger charge is 2.43. The van der Waals surface area contributed by atoms with E-state index in [1.165, 1.54) is 21.7 Å². The number of rotatable bonds is 9. The van der Waals surface area contributed by atoms with Crippen molar-refractivity contribution in [2.24, 2.45) is 0 Å². The Balaban J connectivity index is 0.00000113. The Bertz CT molecular complexity index is 1510. The van der Waals surface area contributed by atoms with Crippen molar-refractivity contribution in [3.8, 4) is 5.75 Å². The molecule has 0 aliphatic carbocycles. The van der Waals surface area contributed by atoms with Crippen LogP contribution in [0.25, 0.3) is 0 Å². The van der Waals surface area contributed by atoms with Gasteiger partial charge in [0.1, 0.15) is 23.8 Å². The molecule has 2 N–H and O–H groups in total. The van der Waals surface area contributed by atoms with E-state index in [9.17, 15) is 28.0 Å². The first-order valence-electron chi connectivity index (χ1n) is 14.3. The fraction of sp³-hybridized carbons (Fsp3) is 0.483. The summed E-state index contributed by atoms with van der Waals surface area (Å²) in [7, 11) is 0. The summed E-state index contributed by atoms with van der Waals surface area (Å²) in [5.74, 6) is -4.42. The number of hydrogen-bond donors (Lipinski definition) is 2. The number of carboxylic acids is 1. The number of nitrogens with one attached hydrogen (secondary N) is 1. The number of pyridine rings is 1. The smallest absolute Gasteiger partial charge is 0.481 e. The standard InChI is InChI=1S/C27H30F2N4O9.C2H4O2/c1-16-14-40-21-13-32-12-19(25(35)30-11-17-2-3-18(28)10-20(17)29)23(34)24(22(32)26(36)33(16)21)41-15-42-27(37)39-9-6-31-4-7-38-8-5-31;1-2(3)4/h2-3,10,12,16,21H,4-9,11,13-15H2,1H3,(H,30,35);1H3,(H,3,4)/t16-,21+;/m0./s1. The zero-order valence-electron chi connectivity index (χ0n) is 25.2. The normalized spacial score (nSPS) is 18.9. The average molecular weight is 653 g/mol. The number of aromatic nitrogens is 1. The van der Waals surface area contributed by atoms with E-state index in [4.69, 9.17) is 33.6 Å². The van der Waals surface area contributed by atoms with Crippen LogP contribution in [0.2, 0.25) is 0 Å². The summed E-state index contributed by atoms with van der Waals surface area (Å²) in [6, 6.07) is 2.61. The number of aliphatic carboxylic acids is 1. The van der Waals surface area contributed by atoms with Gasteiger partial charge >= 0.3 is 6.16 Å². The Morgan fingerprint density at radius 2 is 1.85 bits per heavy atom. The molecule has 0 spiro atoms. The maximum absolute atomic E-state index is 14.1. The predicted octanol–water partition coefficient (Wildman–Crippen LogP) is 1.17. The molecule has 0 bridgehead atoms. The van der Waals surface area contributed by atoms with E-state index in [1.807, 2.05) is 0 Å². The molecule has 3 aliphatic heterocycles. The van der Waals surface area contributed by atoms with Crippen LogP contribution in [0.15, 0.2) is 29.2 Å². The molecule has 2 fully saturated rings. The van der Waals surface area contributed by atoms with Gasteiger partial charge in [-0.2, -0.15) is 0 Å². The van der Waals surface area contributed by atoms with E-state index in [0.717, 1.165) is 26.1 Å². The summed E-state index contributed by atoms with van der Waals surface area (Å²) in [6.07, 6.45) is -0.471. The molecule has 2 atom stereocenters. The van der Waals surface area contributed by atoms with Crippen LogP contribution >= 0.6 is 0 Å². The number of carboxylic acid groups (broad SMARTS) is 1. The lowest BCUT2D eigenvalue weighted by Gasteiger charge is -2.34. The molecule has 5 rings (SSSR count). The van der Waals surface area contributed by atoms with E-state index < -0.39 is 65.3 Å². The van der Waals surface area contributed by atoms with E-state index >= 15 is 0 Å². The summed E-state index contributed by atoms with van der Waals surface area (Å²) >= 11 is 0. The summed E-state index contributed by atoms with van der Waals surface area (Å²) in [4.78, 5) is 64.5. The zero-order valence-corrected chi connectivity index (χ0v) is 25.2. The third kappa shape index (κ3) is 8.55. The van der Waals surface area contributed by atoms with Gasteiger partial charge in [-0.3, -0.25) is 24.1 Å². The molecule has 250 valence electrons. The van der Waals surface area contributed by atoms with Crippen molar-refractivity contribution in [1.82, 2.24) is 19.7 Å². The van der Waals surface area contributed by atoms with Crippen molar-refractivity contribution in [2.75, 3.05) is 52.9 Å². The first-order valence-corrected chi connectivity index (χ1v) is 14.3. The second kappa shape index (κ2) is 15.6. The van der Waals surface area contributed by atoms with Crippen LogP contribution in [0.3, 0.4) is 0 Å². The highest BCUT2D eigenvalue weighted by atomic mass is 19.1. The first-order chi connectivity index (χ1) is 22.0. The minimum absolute atomic E-state index is 0.000944. The van der Waals surface area contributed by atoms with Crippen LogP contribution in [0.5, 0.6) is 5.75 Å². The molecule has 3 aliphatic rings. The molecule has 46 heavy (non-hydrogen) atoms. The minimum Gasteiger partial charge on any atom is -0.481 e. The Morgan fingerprint density at radius 1 is 1.13 bits per heavy atom. The number of hydrogen-bond acceptors (Lipinski definition) is 11. The van der Waals surface area contributed by atoms with Crippen molar-refractivity contribution in [3.63, 3.8) is 0 Å². The summed E-state index contributed by atoms with van der Waals surface area (Å²) < 4.78 is 55.1. The van der Waals surface area contributed by atoms with E-state index in [1.54, 1.807) is 6.92 Å². The molecule has 0 unspecified atom stereocenters. The molecule has 4 heterocycles. The molecule has 1 aromatic heterocycles. The second-order valence-electron chi connectivity index (χ2n) is 10.4. The topological polar surface area (TPSA) is 175 Å². The van der Waals surface area contributed by atoms with Crippen molar-refractivity contribution in [1.29, 1.82) is 0 Å². The number of morpholine rings is 1. The molecular formula is C29H34F2N4O11. The van der Waals surface area contributed by atoms with E-state index in [2.05, 4.69) is 10.2 Å². The van der Waals surface area contributed by atoms with Gasteiger partial charge in [0.25, 0.3) is 17.8 Å². The lowest BCUT2D eigenvalue weighted by Crippen LogP contribution is -2.49. The monoisotopic (exact) mass is 652 g/mol. The van der Waals surface area contributed by atoms with Crippen LogP contribution in [0, 0.1) is 11.6 Å². The van der Waals surface area contributed by atoms with E-state index in [0.29, 0.717) is 25.8 Å². The SMILES string of the molecule is CC(=O)O.C[C@H]1CO[C@@H]2Cn3cc(C(=O)NCc4ccc(F)cc4F)c(=O)c(OCOC(=O)OCCN4CCOCC4)c3C(=O)N12. The first kappa shape index (κ1) is 34.3. The Kier molecular flexibility index (Phi) is 11.6. The summed E-state index contributed by atoms with van der Waals surface area (Å²) in [5.41, 5.74) is -1.49. The van der Waals surface area contributed by atoms with Crippen molar-refractivity contribution in [3.05, 3.63) is 63.1 Å². The van der Waals surface area contributed by atoms with Crippen LogP contribution in [-0.2, 0) is 36.8 Å². The van der Waals surface area contributed by atoms with Crippen LogP contribution < -0.4 is 15.5 Å². The number of carbonyl (C=O) groups excluding carboxylic acids is 3. The highest BCUT2D eigenvalue weighted by Crippen LogP contribution is 2.30. The zero-order chi connectivity index (χ0) is 33.4. The predicted molar refractivity (Wildman–Crippen MR) is 152 cm³/mol. The maximum Gasteiger partial charge on any atom is 0.511 e. The van der Waals surface area contributed by atoms with Gasteiger partial charge < -0.3 is 43.6 Å². The van der Waals surface area contributed by atoms with Crippen LogP contribution in [-0.4, -0.2) is 109 Å². The average Bonchev–Trinajstić information content (AvgIpc) is 3.38. The molecular weight excluding hydrogens is 618 g/mol. The van der Waals surface area contributed by atoms with E-state index in [-0.39, 0.29) is 43.6 Å². The van der Waals surface area contributed by atoms with Gasteiger partial charge in [0.15, 0.2) is 11.9 Å². The van der Waals surface area contributed by atoms with Crippen molar-refractivity contribution in [2.45, 2.75) is 39.2 Å². The maximum atomic E-state index is 14.1. The van der Waals surface area contributed by atoms with Crippen molar-refractivity contribution >= 4 is 23.9 Å². The largest absolute Gasteiger partial charge is 0.511 e. The van der Waals surface area contributed by atoms with Gasteiger partial charge in [-0.05, 0) is 13.0 Å². The molecule has 1 aromatic carbocycles. The number of benzene rings is 1. The minimum atomic E-state index is -1.04. The number of nitrogens with zero attached hydrogens (tertiary/aromatic N) is 3. The number of carbonyl (C=O) groups is 4. The second-order valence-corrected chi connectivity index (χ2v) is 10.4. The molecule has 0 radical (unpaired) electrons. The highest BCUT2D eigenvalue weighted by molar-refractivity contribution is 5.99. The fourth-order valence-electron chi connectivity index (χ4n) is 4.95. The van der Waals surface area contributed by atoms with Gasteiger partial charge in [0.05, 0.1) is 32.4 Å². The Labute approximate surface area is 261 Å². The van der Waals surface area contributed by atoms with Gasteiger partial charge in [-0.15, -0.1) is 0 Å². The molecule has 0 saturated carbocycles. The Morgan fingerprint density at radius 3 is 2.54 bits per heavy atom. The molecule has 2 aromatic rings. The van der Waals surface area contributed by atoms with Gasteiger partial charge in [0.2, 0.25) is 18.0 Å². The lowest BCUT2D eigenvalue weighted by atomic mass is 10.1. The van der Waals surface area contributed by atoms with Crippen molar-refractivity contribution < 1.29 is 56.7 Å². The fourth-order valence-corrected chi connectivity index (χ4v) is 4.95. The summed E-state index contributed by atoms with van der Waals surface area (Å²) in [6.45, 7) is 5.32. The van der Waals surface area contributed by atoms with Crippen LogP contribution in [0.4, 0.5) is 13.6 Å². The quantitative estimate of drug-likeness (QED) is 0.293. The number of ether oxygens (including phenoxy) is 5. The van der Waals surface area contributed by atoms with Gasteiger partial charge in [0, 0.05) is 50.9 Å². The Hall–Kier alpha value is -4.61. The number of halogens is 2. The van der Waals surface area contributed by atoms with Gasteiger partial charge in [-0.1, -0.05) is 6.07 Å². The van der Waals surface area contributed by atoms with Crippen LogP contribution in [0.1, 0.15) is 40.3 Å². The molecule has 15 nitrogen and oxygen atoms in total. The molecule has 2 amide bonds. The third-order valence-corrected chi connectivity index (χ3v) is 7.15. The number of amides is 2. The lowest BCUT2D eigenvalue weighted by molar-refractivity contribution is -0.134. The molecule has 17 heteroatoms. The summed E-state index contributed by atoms with van der Waals surface area (Å²) in [5, 5.41) is 9.84. The molecule has 2 saturated heterocycles.